The topological polar surface area (TPSA) is 52.5 Å². The van der Waals surface area contributed by atoms with Crippen LogP contribution in [0.15, 0.2) is 0 Å². The Hall–Kier alpha value is -0.120. The van der Waals surface area contributed by atoms with Gasteiger partial charge in [0.25, 0.3) is 0 Å². The molecular weight excluding hydrogens is 142 g/mol. The van der Waals surface area contributed by atoms with Crippen LogP contribution in [0.5, 0.6) is 0 Å². The van der Waals surface area contributed by atoms with Gasteiger partial charge in [0.15, 0.2) is 0 Å². The Morgan fingerprint density at radius 1 is 1.64 bits per heavy atom. The molecule has 0 aliphatic carbocycles. The van der Waals surface area contributed by atoms with Crippen LogP contribution in [0, 0.1) is 11.8 Å². The Kier molecular flexibility index (Phi) is 3.30. The van der Waals surface area contributed by atoms with E-state index in [1.165, 1.54) is 0 Å². The average Bonchev–Trinajstić information content (AvgIpc) is 2.04. The fourth-order valence-corrected chi connectivity index (χ4v) is 1.66. The first-order chi connectivity index (χ1) is 5.25. The van der Waals surface area contributed by atoms with Crippen LogP contribution in [0.2, 0.25) is 0 Å². The SMILES string of the molecule is CC(CO)C1CCNCC1O. The second-order valence-corrected chi connectivity index (χ2v) is 3.38. The van der Waals surface area contributed by atoms with Gasteiger partial charge in [0.05, 0.1) is 6.10 Å². The second kappa shape index (κ2) is 4.04. The molecule has 1 heterocycles. The van der Waals surface area contributed by atoms with Crippen LogP contribution < -0.4 is 5.32 Å². The zero-order chi connectivity index (χ0) is 8.27. The van der Waals surface area contributed by atoms with E-state index in [4.69, 9.17) is 5.11 Å². The van der Waals surface area contributed by atoms with Crippen LogP contribution in [0.1, 0.15) is 13.3 Å². The zero-order valence-electron chi connectivity index (χ0n) is 6.95. The molecule has 1 fully saturated rings. The van der Waals surface area contributed by atoms with Crippen molar-refractivity contribution in [1.82, 2.24) is 5.32 Å². The van der Waals surface area contributed by atoms with Gasteiger partial charge in [-0.25, -0.2) is 0 Å². The van der Waals surface area contributed by atoms with Crippen molar-refractivity contribution in [3.05, 3.63) is 0 Å². The van der Waals surface area contributed by atoms with E-state index in [0.717, 1.165) is 13.0 Å². The molecule has 1 saturated heterocycles. The minimum absolute atomic E-state index is 0.182. The zero-order valence-corrected chi connectivity index (χ0v) is 6.95. The van der Waals surface area contributed by atoms with Crippen molar-refractivity contribution in [2.45, 2.75) is 19.4 Å². The van der Waals surface area contributed by atoms with Crippen molar-refractivity contribution in [1.29, 1.82) is 0 Å². The lowest BCUT2D eigenvalue weighted by atomic mass is 9.84. The van der Waals surface area contributed by atoms with Gasteiger partial charge in [0.1, 0.15) is 0 Å². The highest BCUT2D eigenvalue weighted by Crippen LogP contribution is 2.21. The molecule has 0 radical (unpaired) electrons. The molecule has 1 rings (SSSR count). The molecule has 1 aliphatic rings. The van der Waals surface area contributed by atoms with Gasteiger partial charge in [0, 0.05) is 13.2 Å². The van der Waals surface area contributed by atoms with Crippen LogP contribution in [0.4, 0.5) is 0 Å². The first kappa shape index (κ1) is 8.97. The maximum Gasteiger partial charge on any atom is 0.0696 e. The maximum absolute atomic E-state index is 9.50. The Morgan fingerprint density at radius 2 is 2.36 bits per heavy atom. The molecule has 0 amide bonds. The van der Waals surface area contributed by atoms with Crippen molar-refractivity contribution in [3.8, 4) is 0 Å². The van der Waals surface area contributed by atoms with E-state index < -0.39 is 0 Å². The van der Waals surface area contributed by atoms with Crippen LogP contribution in [0.3, 0.4) is 0 Å². The molecule has 0 bridgehead atoms. The van der Waals surface area contributed by atoms with E-state index in [1.807, 2.05) is 6.92 Å². The fourth-order valence-electron chi connectivity index (χ4n) is 1.66. The summed E-state index contributed by atoms with van der Waals surface area (Å²) in [4.78, 5) is 0. The molecule has 3 heteroatoms. The third-order valence-corrected chi connectivity index (χ3v) is 2.52. The summed E-state index contributed by atoms with van der Waals surface area (Å²) in [6, 6.07) is 0. The highest BCUT2D eigenvalue weighted by atomic mass is 16.3. The van der Waals surface area contributed by atoms with Gasteiger partial charge in [-0.3, -0.25) is 0 Å². The largest absolute Gasteiger partial charge is 0.396 e. The summed E-state index contributed by atoms with van der Waals surface area (Å²) in [6.07, 6.45) is 0.703. The first-order valence-electron chi connectivity index (χ1n) is 4.25. The van der Waals surface area contributed by atoms with Gasteiger partial charge >= 0.3 is 0 Å². The molecule has 3 N–H and O–H groups in total. The number of hydrogen-bond acceptors (Lipinski definition) is 3. The minimum atomic E-state index is -0.272. The molecule has 3 unspecified atom stereocenters. The van der Waals surface area contributed by atoms with Crippen molar-refractivity contribution < 1.29 is 10.2 Å². The van der Waals surface area contributed by atoms with Crippen LogP contribution in [-0.2, 0) is 0 Å². The molecule has 0 aromatic heterocycles. The normalized spacial score (nSPS) is 35.2. The number of aliphatic hydroxyl groups excluding tert-OH is 2. The molecule has 3 nitrogen and oxygen atoms in total. The van der Waals surface area contributed by atoms with Crippen molar-refractivity contribution in [2.24, 2.45) is 11.8 Å². The summed E-state index contributed by atoms with van der Waals surface area (Å²) in [7, 11) is 0. The highest BCUT2D eigenvalue weighted by molar-refractivity contribution is 4.80. The Balaban J connectivity index is 2.40. The van der Waals surface area contributed by atoms with Crippen molar-refractivity contribution in [3.63, 3.8) is 0 Å². The summed E-state index contributed by atoms with van der Waals surface area (Å²) < 4.78 is 0. The number of nitrogens with one attached hydrogen (secondary N) is 1. The van der Waals surface area contributed by atoms with Gasteiger partial charge in [-0.1, -0.05) is 6.92 Å². The van der Waals surface area contributed by atoms with Gasteiger partial charge in [-0.2, -0.15) is 0 Å². The molecule has 0 saturated carbocycles. The van der Waals surface area contributed by atoms with Crippen LogP contribution in [0.25, 0.3) is 0 Å². The number of aliphatic hydroxyl groups is 2. The van der Waals surface area contributed by atoms with E-state index >= 15 is 0 Å². The molecule has 0 spiro atoms. The van der Waals surface area contributed by atoms with Gasteiger partial charge in [0.2, 0.25) is 0 Å². The molecule has 0 aromatic carbocycles. The second-order valence-electron chi connectivity index (χ2n) is 3.38. The predicted octanol–water partition coefficient (Wildman–Crippen LogP) is -0.415. The summed E-state index contributed by atoms with van der Waals surface area (Å²) in [5.41, 5.74) is 0. The van der Waals surface area contributed by atoms with E-state index in [-0.39, 0.29) is 24.5 Å². The fraction of sp³-hybridized carbons (Fsp3) is 1.00. The molecule has 0 aromatic rings. The number of rotatable bonds is 2. The van der Waals surface area contributed by atoms with Gasteiger partial charge in [-0.05, 0) is 24.8 Å². The summed E-state index contributed by atoms with van der Waals surface area (Å²) in [6.45, 7) is 3.81. The number of β-amino-alcohol motifs (C(OH)–C–C–N with tert-alkyl or cyclic N) is 1. The molecule has 3 atom stereocenters. The molecular formula is C8H17NO2. The monoisotopic (exact) mass is 159 g/mol. The lowest BCUT2D eigenvalue weighted by molar-refractivity contribution is 0.0338. The third-order valence-electron chi connectivity index (χ3n) is 2.52. The number of piperidine rings is 1. The molecule has 1 aliphatic heterocycles. The Bertz CT molecular complexity index is 115. The Morgan fingerprint density at radius 3 is 2.91 bits per heavy atom. The van der Waals surface area contributed by atoms with Crippen LogP contribution in [-0.4, -0.2) is 36.0 Å². The quantitative estimate of drug-likeness (QED) is 0.513. The van der Waals surface area contributed by atoms with E-state index in [2.05, 4.69) is 5.32 Å². The standard InChI is InChI=1S/C8H17NO2/c1-6(5-10)7-2-3-9-4-8(7)11/h6-11H,2-5H2,1H3. The van der Waals surface area contributed by atoms with Crippen molar-refractivity contribution in [2.75, 3.05) is 19.7 Å². The minimum Gasteiger partial charge on any atom is -0.396 e. The summed E-state index contributed by atoms with van der Waals surface area (Å²) in [5, 5.41) is 21.5. The van der Waals surface area contributed by atoms with Gasteiger partial charge in [-0.15, -0.1) is 0 Å². The summed E-state index contributed by atoms with van der Waals surface area (Å²) >= 11 is 0. The van der Waals surface area contributed by atoms with E-state index in [0.29, 0.717) is 6.54 Å². The third kappa shape index (κ3) is 2.15. The highest BCUT2D eigenvalue weighted by Gasteiger charge is 2.26. The Labute approximate surface area is 67.4 Å². The smallest absolute Gasteiger partial charge is 0.0696 e. The first-order valence-corrected chi connectivity index (χ1v) is 4.25. The number of hydrogen-bond donors (Lipinski definition) is 3. The van der Waals surface area contributed by atoms with Crippen molar-refractivity contribution >= 4 is 0 Å². The summed E-state index contributed by atoms with van der Waals surface area (Å²) in [5.74, 6) is 0.508. The van der Waals surface area contributed by atoms with Crippen LogP contribution >= 0.6 is 0 Å². The van der Waals surface area contributed by atoms with E-state index in [9.17, 15) is 5.11 Å². The lowest BCUT2D eigenvalue weighted by Crippen LogP contribution is -2.43. The predicted molar refractivity (Wildman–Crippen MR) is 43.2 cm³/mol. The van der Waals surface area contributed by atoms with Gasteiger partial charge < -0.3 is 15.5 Å². The molecule has 66 valence electrons. The average molecular weight is 159 g/mol. The van der Waals surface area contributed by atoms with E-state index in [1.54, 1.807) is 0 Å². The molecule has 11 heavy (non-hydrogen) atoms. The maximum atomic E-state index is 9.50. The lowest BCUT2D eigenvalue weighted by Gasteiger charge is -2.31.